The highest BCUT2D eigenvalue weighted by Gasteiger charge is 2.61. The normalized spacial score (nSPS) is 30.5. The first kappa shape index (κ1) is 26.3. The molecule has 0 atom stereocenters. The van der Waals surface area contributed by atoms with E-state index >= 15 is 0 Å². The van der Waals surface area contributed by atoms with Crippen molar-refractivity contribution in [1.82, 2.24) is 0 Å². The number of hydrogen-bond acceptors (Lipinski definition) is 3. The van der Waals surface area contributed by atoms with Crippen molar-refractivity contribution in [1.29, 1.82) is 0 Å². The van der Waals surface area contributed by atoms with Crippen LogP contribution in [0.2, 0.25) is 0 Å². The highest BCUT2D eigenvalue weighted by atomic mass is 32.1. The lowest BCUT2D eigenvalue weighted by molar-refractivity contribution is -0.0399. The van der Waals surface area contributed by atoms with E-state index < -0.39 is 0 Å². The first-order chi connectivity index (χ1) is 21.3. The van der Waals surface area contributed by atoms with Crippen molar-refractivity contribution in [2.45, 2.75) is 76.4 Å². The second-order valence-corrected chi connectivity index (χ2v) is 16.6. The van der Waals surface area contributed by atoms with Gasteiger partial charge >= 0.3 is 7.12 Å². The van der Waals surface area contributed by atoms with Gasteiger partial charge in [-0.25, -0.2) is 0 Å². The fourth-order valence-corrected chi connectivity index (χ4v) is 12.0. The number of thiophene rings is 1. The number of fused-ring (bicyclic) bond motifs is 6. The summed E-state index contributed by atoms with van der Waals surface area (Å²) in [6.07, 6.45) is 7.15. The van der Waals surface area contributed by atoms with E-state index in [0.29, 0.717) is 0 Å². The maximum atomic E-state index is 6.56. The van der Waals surface area contributed by atoms with E-state index in [1.165, 1.54) is 74.5 Å². The van der Waals surface area contributed by atoms with E-state index in [2.05, 4.69) is 107 Å². The molecule has 4 saturated carbocycles. The standard InChI is InChI=1S/C40H39BO2S/c1-38(2)39(3,4)43-41(42-38)34-17-9-14-30-29-13-7-12-28(36(29)44-37(30)34)27-11-8-16-33-35(27)31-10-5-6-15-32(31)40(33)25-19-23-18-24(21-25)22-26(40)20-23/h5-17,23-26H,18-22H2,1-4H3. The zero-order chi connectivity index (χ0) is 29.6. The highest BCUT2D eigenvalue weighted by Crippen LogP contribution is 2.70. The highest BCUT2D eigenvalue weighted by molar-refractivity contribution is 7.27. The molecule has 220 valence electrons. The van der Waals surface area contributed by atoms with Crippen LogP contribution in [0.4, 0.5) is 0 Å². The van der Waals surface area contributed by atoms with Gasteiger partial charge in [-0.05, 0) is 117 Å². The third-order valence-corrected chi connectivity index (χ3v) is 14.2. The second-order valence-electron chi connectivity index (χ2n) is 15.5. The molecule has 1 aromatic heterocycles. The predicted molar refractivity (Wildman–Crippen MR) is 184 cm³/mol. The molecule has 2 heterocycles. The van der Waals surface area contributed by atoms with Gasteiger partial charge in [0.15, 0.2) is 0 Å². The molecular weight excluding hydrogens is 555 g/mol. The van der Waals surface area contributed by atoms with E-state index in [9.17, 15) is 0 Å². The molecule has 4 aromatic carbocycles. The molecule has 44 heavy (non-hydrogen) atoms. The van der Waals surface area contributed by atoms with E-state index in [4.69, 9.17) is 9.31 Å². The van der Waals surface area contributed by atoms with Gasteiger partial charge in [-0.3, -0.25) is 0 Å². The Hall–Kier alpha value is -2.92. The monoisotopic (exact) mass is 594 g/mol. The SMILES string of the molecule is CC1(C)OB(c2cccc3c2sc2c(-c4cccc5c4-c4ccccc4C54C5CC6CC(C5)CC4C6)cccc23)OC1(C)C. The largest absolute Gasteiger partial charge is 0.496 e. The Morgan fingerprint density at radius 1 is 0.591 bits per heavy atom. The fourth-order valence-electron chi connectivity index (χ4n) is 10.6. The molecule has 11 rings (SSSR count). The summed E-state index contributed by atoms with van der Waals surface area (Å²) in [6.45, 7) is 8.56. The van der Waals surface area contributed by atoms with Gasteiger partial charge in [0, 0.05) is 31.2 Å². The Morgan fingerprint density at radius 2 is 1.16 bits per heavy atom. The average Bonchev–Trinajstić information content (AvgIpc) is 3.60. The molecule has 1 aliphatic heterocycles. The van der Waals surface area contributed by atoms with Crippen LogP contribution in [0.25, 0.3) is 42.4 Å². The van der Waals surface area contributed by atoms with Gasteiger partial charge in [-0.1, -0.05) is 78.9 Å². The summed E-state index contributed by atoms with van der Waals surface area (Å²) in [6, 6.07) is 30.4. The van der Waals surface area contributed by atoms with E-state index in [1.54, 1.807) is 11.1 Å². The molecule has 5 fully saturated rings. The lowest BCUT2D eigenvalue weighted by Crippen LogP contribution is -2.55. The van der Waals surface area contributed by atoms with Crippen molar-refractivity contribution < 1.29 is 9.31 Å². The summed E-state index contributed by atoms with van der Waals surface area (Å²) < 4.78 is 15.8. The molecule has 5 aliphatic carbocycles. The summed E-state index contributed by atoms with van der Waals surface area (Å²) in [5, 5.41) is 2.62. The van der Waals surface area contributed by atoms with Gasteiger partial charge in [-0.2, -0.15) is 0 Å². The molecule has 1 saturated heterocycles. The Bertz CT molecular complexity index is 1970. The topological polar surface area (TPSA) is 18.5 Å². The van der Waals surface area contributed by atoms with Gasteiger partial charge in [0.05, 0.1) is 11.2 Å². The predicted octanol–water partition coefficient (Wildman–Crippen LogP) is 9.74. The van der Waals surface area contributed by atoms with Crippen molar-refractivity contribution in [2.75, 3.05) is 0 Å². The lowest BCUT2D eigenvalue weighted by atomic mass is 9.43. The van der Waals surface area contributed by atoms with Crippen molar-refractivity contribution in [3.8, 4) is 22.3 Å². The maximum absolute atomic E-state index is 6.56. The Labute approximate surface area is 264 Å². The first-order valence-corrected chi connectivity index (χ1v) is 17.6. The molecular formula is C40H39BO2S. The minimum atomic E-state index is -0.371. The maximum Gasteiger partial charge on any atom is 0.496 e. The second kappa shape index (κ2) is 8.66. The Morgan fingerprint density at radius 3 is 1.89 bits per heavy atom. The molecule has 0 amide bonds. The van der Waals surface area contributed by atoms with Gasteiger partial charge in [0.1, 0.15) is 0 Å². The Balaban J connectivity index is 1.19. The minimum Gasteiger partial charge on any atom is -0.399 e. The summed E-state index contributed by atoms with van der Waals surface area (Å²) in [5.74, 6) is 3.46. The van der Waals surface area contributed by atoms with Crippen LogP contribution >= 0.6 is 11.3 Å². The number of rotatable bonds is 2. The van der Waals surface area contributed by atoms with Crippen molar-refractivity contribution in [3.63, 3.8) is 0 Å². The number of hydrogen-bond donors (Lipinski definition) is 0. The number of benzene rings is 4. The van der Waals surface area contributed by atoms with Crippen LogP contribution < -0.4 is 5.46 Å². The Kier molecular flexibility index (Phi) is 5.18. The minimum absolute atomic E-state index is 0.188. The van der Waals surface area contributed by atoms with Crippen LogP contribution in [0.3, 0.4) is 0 Å². The van der Waals surface area contributed by atoms with Gasteiger partial charge in [-0.15, -0.1) is 11.3 Å². The van der Waals surface area contributed by atoms with Gasteiger partial charge < -0.3 is 9.31 Å². The van der Waals surface area contributed by atoms with Crippen LogP contribution in [0.1, 0.15) is 70.9 Å². The van der Waals surface area contributed by atoms with Crippen LogP contribution in [0, 0.1) is 23.7 Å². The van der Waals surface area contributed by atoms with Crippen LogP contribution in [-0.4, -0.2) is 18.3 Å². The van der Waals surface area contributed by atoms with Crippen molar-refractivity contribution in [3.05, 3.63) is 90.0 Å². The molecule has 0 unspecified atom stereocenters. The zero-order valence-corrected chi connectivity index (χ0v) is 27.0. The summed E-state index contributed by atoms with van der Waals surface area (Å²) in [4.78, 5) is 0. The van der Waals surface area contributed by atoms with Crippen molar-refractivity contribution in [2.24, 2.45) is 23.7 Å². The molecule has 2 nitrogen and oxygen atoms in total. The van der Waals surface area contributed by atoms with E-state index in [0.717, 1.165) is 29.1 Å². The van der Waals surface area contributed by atoms with E-state index in [-0.39, 0.29) is 23.7 Å². The van der Waals surface area contributed by atoms with E-state index in [1.807, 2.05) is 11.3 Å². The lowest BCUT2D eigenvalue weighted by Gasteiger charge is -2.61. The molecule has 4 bridgehead atoms. The molecule has 4 heteroatoms. The molecule has 6 aliphatic rings. The fraction of sp³-hybridized carbons (Fsp3) is 0.400. The summed E-state index contributed by atoms with van der Waals surface area (Å²) in [7, 11) is -0.371. The van der Waals surface area contributed by atoms with Crippen LogP contribution in [0.15, 0.2) is 78.9 Å². The molecule has 5 aromatic rings. The van der Waals surface area contributed by atoms with Crippen LogP contribution in [-0.2, 0) is 14.7 Å². The smallest absolute Gasteiger partial charge is 0.399 e. The molecule has 0 radical (unpaired) electrons. The third-order valence-electron chi connectivity index (χ3n) is 12.9. The molecule has 1 spiro atoms. The van der Waals surface area contributed by atoms with Gasteiger partial charge in [0.25, 0.3) is 0 Å². The van der Waals surface area contributed by atoms with Crippen molar-refractivity contribution >= 4 is 44.1 Å². The van der Waals surface area contributed by atoms with Crippen LogP contribution in [0.5, 0.6) is 0 Å². The zero-order valence-electron chi connectivity index (χ0n) is 26.2. The average molecular weight is 595 g/mol. The third kappa shape index (κ3) is 3.20. The summed E-state index contributed by atoms with van der Waals surface area (Å²) in [5.41, 5.74) is 9.60. The van der Waals surface area contributed by atoms with Gasteiger partial charge in [0.2, 0.25) is 0 Å². The molecule has 0 N–H and O–H groups in total. The quantitative estimate of drug-likeness (QED) is 0.190. The summed E-state index contributed by atoms with van der Waals surface area (Å²) >= 11 is 1.91. The first-order valence-electron chi connectivity index (χ1n) is 16.8.